The molecule has 0 atom stereocenters. The van der Waals surface area contributed by atoms with Gasteiger partial charge in [-0.25, -0.2) is 9.67 Å². The number of pyridine rings is 1. The highest BCUT2D eigenvalue weighted by atomic mass is 35.5. The van der Waals surface area contributed by atoms with E-state index in [0.29, 0.717) is 5.92 Å². The lowest BCUT2D eigenvalue weighted by atomic mass is 10.0. The molecule has 1 amide bonds. The number of hydrogen-bond acceptors (Lipinski definition) is 4. The van der Waals surface area contributed by atoms with Gasteiger partial charge in [0, 0.05) is 17.7 Å². The van der Waals surface area contributed by atoms with Crippen molar-refractivity contribution in [3.8, 4) is 0 Å². The summed E-state index contributed by atoms with van der Waals surface area (Å²) in [5, 5.41) is 12.2. The van der Waals surface area contributed by atoms with E-state index in [9.17, 15) is 4.79 Å². The number of fused-ring (bicyclic) bond motifs is 1. The molecule has 1 saturated carbocycles. The van der Waals surface area contributed by atoms with Gasteiger partial charge in [-0.05, 0) is 72.5 Å². The number of aryl methyl sites for hydroxylation is 1. The minimum Gasteiger partial charge on any atom is -0.349 e. The van der Waals surface area contributed by atoms with Crippen molar-refractivity contribution in [1.29, 1.82) is 0 Å². The molecule has 8 heteroatoms. The summed E-state index contributed by atoms with van der Waals surface area (Å²) in [6.45, 7) is 10.3. The van der Waals surface area contributed by atoms with Crippen LogP contribution in [0.25, 0.3) is 11.0 Å². The highest BCUT2D eigenvalue weighted by Gasteiger charge is 2.30. The number of amides is 1. The quantitative estimate of drug-likeness (QED) is 0.782. The van der Waals surface area contributed by atoms with Crippen molar-refractivity contribution in [2.24, 2.45) is 0 Å². The third-order valence-electron chi connectivity index (χ3n) is 5.38. The molecule has 0 spiro atoms. The largest absolute Gasteiger partial charge is 0.349 e. The van der Waals surface area contributed by atoms with Crippen LogP contribution in [0.4, 0.5) is 0 Å². The van der Waals surface area contributed by atoms with Gasteiger partial charge in [0.1, 0.15) is 0 Å². The van der Waals surface area contributed by atoms with E-state index in [0.717, 1.165) is 66.8 Å². The Labute approximate surface area is 179 Å². The Bertz CT molecular complexity index is 848. The number of halogens is 2. The van der Waals surface area contributed by atoms with Crippen LogP contribution in [0.2, 0.25) is 0 Å². The zero-order valence-electron chi connectivity index (χ0n) is 17.0. The standard InChI is InChI=1S/C20H29N5O.2ClH/c1-12-17-15(19(26)22-14-7-9-21-10-8-14)11-16(13-5-6-13)23-18(17)25(24-12)20(2,3)4;;/h11,13-14,21H,5-10H2,1-4H3,(H,22,26);2*1H. The average Bonchev–Trinajstić information content (AvgIpc) is 3.38. The molecule has 4 rings (SSSR count). The van der Waals surface area contributed by atoms with E-state index in [2.05, 4.69) is 31.4 Å². The third kappa shape index (κ3) is 4.44. The molecule has 156 valence electrons. The second kappa shape index (κ2) is 8.56. The van der Waals surface area contributed by atoms with Crippen molar-refractivity contribution in [2.45, 2.75) is 70.9 Å². The van der Waals surface area contributed by atoms with Gasteiger partial charge in [-0.15, -0.1) is 24.8 Å². The second-order valence-corrected chi connectivity index (χ2v) is 8.73. The Hall–Kier alpha value is -1.37. The molecule has 3 heterocycles. The van der Waals surface area contributed by atoms with Crippen molar-refractivity contribution in [1.82, 2.24) is 25.4 Å². The molecule has 2 aromatic rings. The maximum absolute atomic E-state index is 13.1. The van der Waals surface area contributed by atoms with Crippen LogP contribution in [0.1, 0.15) is 74.1 Å². The zero-order valence-corrected chi connectivity index (χ0v) is 18.7. The van der Waals surface area contributed by atoms with E-state index in [1.807, 2.05) is 17.7 Å². The van der Waals surface area contributed by atoms with E-state index >= 15 is 0 Å². The van der Waals surface area contributed by atoms with Gasteiger partial charge >= 0.3 is 0 Å². The maximum atomic E-state index is 13.1. The number of hydrogen-bond donors (Lipinski definition) is 2. The molecular weight excluding hydrogens is 397 g/mol. The van der Waals surface area contributed by atoms with E-state index in [1.54, 1.807) is 0 Å². The second-order valence-electron chi connectivity index (χ2n) is 8.73. The number of carbonyl (C=O) groups is 1. The summed E-state index contributed by atoms with van der Waals surface area (Å²) in [6.07, 6.45) is 4.29. The van der Waals surface area contributed by atoms with E-state index in [1.165, 1.54) is 0 Å². The summed E-state index contributed by atoms with van der Waals surface area (Å²) in [6, 6.07) is 2.26. The van der Waals surface area contributed by atoms with Crippen LogP contribution in [-0.2, 0) is 5.54 Å². The first-order valence-electron chi connectivity index (χ1n) is 9.77. The minimum absolute atomic E-state index is 0. The van der Waals surface area contributed by atoms with Gasteiger partial charge in [-0.1, -0.05) is 0 Å². The predicted octanol–water partition coefficient (Wildman–Crippen LogP) is 3.70. The van der Waals surface area contributed by atoms with Gasteiger partial charge in [0.15, 0.2) is 5.65 Å². The monoisotopic (exact) mass is 427 g/mol. The van der Waals surface area contributed by atoms with Crippen LogP contribution in [-0.4, -0.2) is 39.8 Å². The fourth-order valence-corrected chi connectivity index (χ4v) is 3.77. The molecule has 0 aromatic carbocycles. The smallest absolute Gasteiger partial charge is 0.252 e. The molecule has 2 fully saturated rings. The van der Waals surface area contributed by atoms with Gasteiger partial charge < -0.3 is 10.6 Å². The molecule has 1 saturated heterocycles. The number of aromatic nitrogens is 3. The van der Waals surface area contributed by atoms with Crippen molar-refractivity contribution in [3.63, 3.8) is 0 Å². The number of carbonyl (C=O) groups excluding carboxylic acids is 1. The van der Waals surface area contributed by atoms with Crippen LogP contribution >= 0.6 is 24.8 Å². The highest BCUT2D eigenvalue weighted by molar-refractivity contribution is 6.06. The molecular formula is C20H31Cl2N5O. The van der Waals surface area contributed by atoms with E-state index in [-0.39, 0.29) is 42.3 Å². The van der Waals surface area contributed by atoms with Crippen LogP contribution in [0.3, 0.4) is 0 Å². The van der Waals surface area contributed by atoms with Gasteiger partial charge in [-0.2, -0.15) is 5.10 Å². The van der Waals surface area contributed by atoms with E-state index in [4.69, 9.17) is 10.1 Å². The zero-order chi connectivity index (χ0) is 18.5. The van der Waals surface area contributed by atoms with Gasteiger partial charge in [0.25, 0.3) is 5.91 Å². The minimum atomic E-state index is -0.176. The van der Waals surface area contributed by atoms with Gasteiger partial charge in [0.2, 0.25) is 0 Å². The van der Waals surface area contributed by atoms with Gasteiger partial charge in [-0.3, -0.25) is 4.79 Å². The van der Waals surface area contributed by atoms with E-state index < -0.39 is 0 Å². The summed E-state index contributed by atoms with van der Waals surface area (Å²) in [4.78, 5) is 18.1. The molecule has 0 unspecified atom stereocenters. The van der Waals surface area contributed by atoms with Crippen LogP contribution < -0.4 is 10.6 Å². The topological polar surface area (TPSA) is 71.8 Å². The third-order valence-corrected chi connectivity index (χ3v) is 5.38. The lowest BCUT2D eigenvalue weighted by molar-refractivity contribution is 0.0931. The molecule has 2 aliphatic rings. The van der Waals surface area contributed by atoms with Crippen molar-refractivity contribution < 1.29 is 4.79 Å². The summed E-state index contributed by atoms with van der Waals surface area (Å²) < 4.78 is 1.98. The van der Waals surface area contributed by atoms with Crippen molar-refractivity contribution >= 4 is 41.8 Å². The molecule has 28 heavy (non-hydrogen) atoms. The Morgan fingerprint density at radius 1 is 1.18 bits per heavy atom. The lowest BCUT2D eigenvalue weighted by Crippen LogP contribution is -2.42. The van der Waals surface area contributed by atoms with Crippen molar-refractivity contribution in [2.75, 3.05) is 13.1 Å². The Kier molecular flexibility index (Phi) is 7.00. The molecule has 1 aliphatic heterocycles. The normalized spacial score (nSPS) is 17.7. The SMILES string of the molecule is Cc1nn(C(C)(C)C)c2nc(C3CC3)cc(C(=O)NC3CCNCC3)c12.Cl.Cl. The average molecular weight is 428 g/mol. The van der Waals surface area contributed by atoms with Crippen LogP contribution in [0.15, 0.2) is 6.07 Å². The first-order valence-corrected chi connectivity index (χ1v) is 9.77. The fraction of sp³-hybridized carbons (Fsp3) is 0.650. The number of nitrogens with zero attached hydrogens (tertiary/aromatic N) is 3. The molecule has 0 radical (unpaired) electrons. The predicted molar refractivity (Wildman–Crippen MR) is 117 cm³/mol. The molecule has 2 aromatic heterocycles. The summed E-state index contributed by atoms with van der Waals surface area (Å²) in [7, 11) is 0. The lowest BCUT2D eigenvalue weighted by Gasteiger charge is -2.24. The molecule has 0 bridgehead atoms. The highest BCUT2D eigenvalue weighted by Crippen LogP contribution is 2.41. The molecule has 2 N–H and O–H groups in total. The first-order chi connectivity index (χ1) is 12.3. The maximum Gasteiger partial charge on any atom is 0.252 e. The Morgan fingerprint density at radius 3 is 2.39 bits per heavy atom. The summed E-state index contributed by atoms with van der Waals surface area (Å²) >= 11 is 0. The van der Waals surface area contributed by atoms with Crippen LogP contribution in [0, 0.1) is 6.92 Å². The number of piperidine rings is 1. The van der Waals surface area contributed by atoms with Crippen molar-refractivity contribution in [3.05, 3.63) is 23.0 Å². The molecule has 6 nitrogen and oxygen atoms in total. The molecule has 1 aliphatic carbocycles. The Morgan fingerprint density at radius 2 is 1.82 bits per heavy atom. The fourth-order valence-electron chi connectivity index (χ4n) is 3.77. The van der Waals surface area contributed by atoms with Crippen LogP contribution in [0.5, 0.6) is 0 Å². The van der Waals surface area contributed by atoms with Gasteiger partial charge in [0.05, 0.1) is 22.2 Å². The summed E-state index contributed by atoms with van der Waals surface area (Å²) in [5.74, 6) is 0.510. The summed E-state index contributed by atoms with van der Waals surface area (Å²) in [5.41, 5.74) is 3.32. The Balaban J connectivity index is 0.00000140. The number of rotatable bonds is 3. The number of nitrogens with one attached hydrogen (secondary N) is 2. The first kappa shape index (κ1) is 22.9.